The summed E-state index contributed by atoms with van der Waals surface area (Å²) in [4.78, 5) is 2.33. The smallest absolute Gasteiger partial charge is 0.0951 e. The average Bonchev–Trinajstić information content (AvgIpc) is 2.71. The number of rotatable bonds is 1. The van der Waals surface area contributed by atoms with Crippen LogP contribution in [-0.4, -0.2) is 43.8 Å². The third-order valence-electron chi connectivity index (χ3n) is 4.40. The lowest BCUT2D eigenvalue weighted by Crippen LogP contribution is -2.54. The van der Waals surface area contributed by atoms with Crippen LogP contribution in [0.4, 0.5) is 0 Å². The van der Waals surface area contributed by atoms with E-state index >= 15 is 0 Å². The van der Waals surface area contributed by atoms with E-state index in [0.29, 0.717) is 5.75 Å². The third-order valence-corrected chi connectivity index (χ3v) is 6.32. The molecule has 1 heterocycles. The Morgan fingerprint density at radius 2 is 2.11 bits per heavy atom. The molecule has 3 atom stereocenters. The maximum atomic E-state index is 12.0. The van der Waals surface area contributed by atoms with Crippen LogP contribution in [0.3, 0.4) is 0 Å². The molecule has 0 radical (unpaired) electrons. The second-order valence-electron chi connectivity index (χ2n) is 6.19. The fraction of sp³-hybridized carbons (Fsp3) is 0.600. The van der Waals surface area contributed by atoms with Crippen LogP contribution in [0.2, 0.25) is 0 Å². The topological polar surface area (TPSA) is 40.5 Å². The van der Waals surface area contributed by atoms with E-state index in [1.54, 1.807) is 0 Å². The van der Waals surface area contributed by atoms with Crippen molar-refractivity contribution in [1.29, 1.82) is 0 Å². The molecule has 2 aliphatic rings. The summed E-state index contributed by atoms with van der Waals surface area (Å²) in [6.45, 7) is 5.74. The van der Waals surface area contributed by atoms with E-state index in [2.05, 4.69) is 24.8 Å². The molecule has 3 nitrogen and oxygen atoms in total. The molecule has 0 saturated carbocycles. The zero-order valence-corrected chi connectivity index (χ0v) is 12.3. The van der Waals surface area contributed by atoms with E-state index in [4.69, 9.17) is 0 Å². The molecule has 0 bridgehead atoms. The van der Waals surface area contributed by atoms with Crippen molar-refractivity contribution in [2.24, 2.45) is 0 Å². The maximum Gasteiger partial charge on any atom is 0.0951 e. The normalized spacial score (nSPS) is 34.2. The number of aliphatic hydroxyl groups excluding tert-OH is 1. The molecule has 0 amide bonds. The van der Waals surface area contributed by atoms with Gasteiger partial charge in [-0.15, -0.1) is 0 Å². The summed E-state index contributed by atoms with van der Waals surface area (Å²) >= 11 is 0. The molecule has 0 spiro atoms. The van der Waals surface area contributed by atoms with Crippen LogP contribution in [-0.2, 0) is 17.2 Å². The van der Waals surface area contributed by atoms with E-state index in [9.17, 15) is 9.32 Å². The van der Waals surface area contributed by atoms with Gasteiger partial charge < -0.3 is 5.11 Å². The Kier molecular flexibility index (Phi) is 3.28. The summed E-state index contributed by atoms with van der Waals surface area (Å²) in [5, 5.41) is 10.5. The maximum absolute atomic E-state index is 12.0. The summed E-state index contributed by atoms with van der Waals surface area (Å²) in [7, 11) is -0.756. The van der Waals surface area contributed by atoms with Crippen LogP contribution >= 0.6 is 0 Å². The van der Waals surface area contributed by atoms with Crippen molar-refractivity contribution in [3.8, 4) is 0 Å². The molecule has 1 aliphatic heterocycles. The largest absolute Gasteiger partial charge is 0.387 e. The van der Waals surface area contributed by atoms with Gasteiger partial charge in [0.25, 0.3) is 0 Å². The quantitative estimate of drug-likeness (QED) is 0.846. The molecular formula is C15H21NO2S. The average molecular weight is 279 g/mol. The highest BCUT2D eigenvalue weighted by Gasteiger charge is 2.41. The van der Waals surface area contributed by atoms with E-state index in [1.807, 2.05) is 18.2 Å². The molecule has 104 valence electrons. The van der Waals surface area contributed by atoms with Crippen molar-refractivity contribution >= 4 is 10.8 Å². The minimum atomic E-state index is -0.756. The molecule has 4 heteroatoms. The Hall–Kier alpha value is -0.710. The molecule has 1 aliphatic carbocycles. The summed E-state index contributed by atoms with van der Waals surface area (Å²) in [6.07, 6.45) is 0.499. The summed E-state index contributed by atoms with van der Waals surface area (Å²) in [5.74, 6) is 0.715. The molecular weight excluding hydrogens is 258 g/mol. The van der Waals surface area contributed by atoms with Crippen molar-refractivity contribution in [3.63, 3.8) is 0 Å². The molecule has 1 N–H and O–H groups in total. The number of aliphatic hydroxyl groups is 1. The molecule has 1 saturated heterocycles. The highest BCUT2D eigenvalue weighted by Crippen LogP contribution is 2.36. The molecule has 1 aromatic carbocycles. The first-order valence-corrected chi connectivity index (χ1v) is 8.19. The minimum Gasteiger partial charge on any atom is -0.387 e. The predicted octanol–water partition coefficient (Wildman–Crippen LogP) is 1.49. The van der Waals surface area contributed by atoms with Crippen molar-refractivity contribution in [3.05, 3.63) is 35.4 Å². The minimum absolute atomic E-state index is 0.147. The Labute approximate surface area is 117 Å². The first kappa shape index (κ1) is 13.3. The van der Waals surface area contributed by atoms with Gasteiger partial charge in [0, 0.05) is 35.7 Å². The first-order chi connectivity index (χ1) is 8.99. The zero-order chi connectivity index (χ0) is 13.6. The van der Waals surface area contributed by atoms with E-state index in [-0.39, 0.29) is 10.8 Å². The Morgan fingerprint density at radius 3 is 2.79 bits per heavy atom. The Morgan fingerprint density at radius 1 is 1.37 bits per heavy atom. The second-order valence-corrected chi connectivity index (χ2v) is 8.40. The van der Waals surface area contributed by atoms with Gasteiger partial charge in [0.1, 0.15) is 0 Å². The molecule has 0 aromatic heterocycles. The monoisotopic (exact) mass is 279 g/mol. The lowest BCUT2D eigenvalue weighted by atomic mass is 10.1. The van der Waals surface area contributed by atoms with Crippen molar-refractivity contribution in [2.75, 3.05) is 18.8 Å². The number of hydrogen-bond donors (Lipinski definition) is 1. The zero-order valence-electron chi connectivity index (χ0n) is 11.5. The number of benzene rings is 1. The van der Waals surface area contributed by atoms with Crippen LogP contribution in [0, 0.1) is 0 Å². The van der Waals surface area contributed by atoms with Crippen LogP contribution in [0.1, 0.15) is 31.1 Å². The highest BCUT2D eigenvalue weighted by atomic mass is 32.2. The lowest BCUT2D eigenvalue weighted by Gasteiger charge is -2.41. The van der Waals surface area contributed by atoms with Gasteiger partial charge in [0.2, 0.25) is 0 Å². The Bertz CT molecular complexity index is 515. The van der Waals surface area contributed by atoms with Gasteiger partial charge in [-0.05, 0) is 31.4 Å². The van der Waals surface area contributed by atoms with E-state index in [0.717, 1.165) is 25.1 Å². The first-order valence-electron chi connectivity index (χ1n) is 6.87. The predicted molar refractivity (Wildman–Crippen MR) is 77.6 cm³/mol. The Balaban J connectivity index is 1.81. The summed E-state index contributed by atoms with van der Waals surface area (Å²) in [5.41, 5.74) is 2.32. The second kappa shape index (κ2) is 4.69. The molecule has 1 fully saturated rings. The van der Waals surface area contributed by atoms with Crippen molar-refractivity contribution in [2.45, 2.75) is 37.2 Å². The van der Waals surface area contributed by atoms with Crippen LogP contribution < -0.4 is 0 Å². The molecule has 19 heavy (non-hydrogen) atoms. The van der Waals surface area contributed by atoms with Gasteiger partial charge in [-0.1, -0.05) is 24.3 Å². The molecule has 3 rings (SSSR count). The SMILES string of the molecule is CC1(C)CN(C2Cc3ccccc3C2O)CCS1=O. The summed E-state index contributed by atoms with van der Waals surface area (Å²) in [6, 6.07) is 8.29. The standard InChI is InChI=1S/C15H21NO2S/c1-15(2)10-16(7-8-19(15)18)13-9-11-5-3-4-6-12(11)14(13)17/h3-6,13-14,17H,7-10H2,1-2H3. The van der Waals surface area contributed by atoms with E-state index in [1.165, 1.54) is 5.56 Å². The van der Waals surface area contributed by atoms with Crippen molar-refractivity contribution < 1.29 is 9.32 Å². The van der Waals surface area contributed by atoms with E-state index < -0.39 is 16.9 Å². The summed E-state index contributed by atoms with van der Waals surface area (Å²) < 4.78 is 11.8. The number of fused-ring (bicyclic) bond motifs is 1. The molecule has 1 aromatic rings. The van der Waals surface area contributed by atoms with Crippen LogP contribution in [0.5, 0.6) is 0 Å². The van der Waals surface area contributed by atoms with Crippen LogP contribution in [0.15, 0.2) is 24.3 Å². The van der Waals surface area contributed by atoms with Gasteiger partial charge in [-0.3, -0.25) is 9.11 Å². The van der Waals surface area contributed by atoms with Crippen molar-refractivity contribution in [1.82, 2.24) is 4.90 Å². The van der Waals surface area contributed by atoms with Gasteiger partial charge in [-0.25, -0.2) is 0 Å². The molecule has 3 unspecified atom stereocenters. The van der Waals surface area contributed by atoms with Gasteiger partial charge in [0.05, 0.1) is 10.9 Å². The lowest BCUT2D eigenvalue weighted by molar-refractivity contribution is 0.0570. The fourth-order valence-corrected chi connectivity index (χ4v) is 4.54. The van der Waals surface area contributed by atoms with Crippen LogP contribution in [0.25, 0.3) is 0 Å². The fourth-order valence-electron chi connectivity index (χ4n) is 3.28. The third kappa shape index (κ3) is 2.26. The van der Waals surface area contributed by atoms with Gasteiger partial charge in [-0.2, -0.15) is 0 Å². The number of nitrogens with zero attached hydrogens (tertiary/aromatic N) is 1. The van der Waals surface area contributed by atoms with Gasteiger partial charge >= 0.3 is 0 Å². The highest BCUT2D eigenvalue weighted by molar-refractivity contribution is 7.86. The number of hydrogen-bond acceptors (Lipinski definition) is 3. The van der Waals surface area contributed by atoms with Gasteiger partial charge in [0.15, 0.2) is 0 Å².